The van der Waals surface area contributed by atoms with E-state index in [1.54, 1.807) is 0 Å². The first-order valence-electron chi connectivity index (χ1n) is 7.66. The number of rotatable bonds is 10. The second-order valence-electron chi connectivity index (χ2n) is 6.03. The summed E-state index contributed by atoms with van der Waals surface area (Å²) in [6.45, 7) is 15.7. The Bertz CT molecular complexity index is 192. The first kappa shape index (κ1) is 16.7. The van der Waals surface area contributed by atoms with E-state index in [1.807, 2.05) is 0 Å². The topological polar surface area (TPSA) is 0 Å². The highest BCUT2D eigenvalue weighted by atomic mass is 14.2. The van der Waals surface area contributed by atoms with Crippen LogP contribution >= 0.6 is 0 Å². The second-order valence-corrected chi connectivity index (χ2v) is 6.03. The fraction of sp³-hybridized carbons (Fsp3) is 0.882. The lowest BCUT2D eigenvalue weighted by Gasteiger charge is -2.26. The van der Waals surface area contributed by atoms with Gasteiger partial charge in [0.15, 0.2) is 0 Å². The first-order chi connectivity index (χ1) is 8.00. The lowest BCUT2D eigenvalue weighted by Crippen LogP contribution is -2.17. The van der Waals surface area contributed by atoms with Gasteiger partial charge in [-0.3, -0.25) is 0 Å². The van der Waals surface area contributed by atoms with Crippen molar-refractivity contribution < 1.29 is 0 Å². The van der Waals surface area contributed by atoms with E-state index in [9.17, 15) is 0 Å². The molecule has 0 saturated carbocycles. The Morgan fingerprint density at radius 2 is 1.47 bits per heavy atom. The van der Waals surface area contributed by atoms with Crippen molar-refractivity contribution in [1.29, 1.82) is 0 Å². The molecule has 0 aromatic heterocycles. The van der Waals surface area contributed by atoms with Crippen molar-refractivity contribution in [3.8, 4) is 0 Å². The minimum absolute atomic E-state index is 0.671. The molecule has 17 heavy (non-hydrogen) atoms. The smallest absolute Gasteiger partial charge is 0.0209 e. The molecule has 0 heterocycles. The van der Waals surface area contributed by atoms with Crippen LogP contribution in [0.25, 0.3) is 0 Å². The SMILES string of the molecule is C=C(C)C(C)C(C)C(C)CCCCCCCC. The van der Waals surface area contributed by atoms with E-state index >= 15 is 0 Å². The third kappa shape index (κ3) is 7.63. The van der Waals surface area contributed by atoms with Gasteiger partial charge in [-0.2, -0.15) is 0 Å². The van der Waals surface area contributed by atoms with Crippen LogP contribution in [0.15, 0.2) is 12.2 Å². The minimum atomic E-state index is 0.671. The van der Waals surface area contributed by atoms with Gasteiger partial charge < -0.3 is 0 Å². The molecule has 0 amide bonds. The van der Waals surface area contributed by atoms with Crippen LogP contribution in [0.3, 0.4) is 0 Å². The molecule has 0 radical (unpaired) electrons. The predicted octanol–water partition coefficient (Wildman–Crippen LogP) is 6.22. The molecule has 0 rings (SSSR count). The molecular weight excluding hydrogens is 204 g/mol. The van der Waals surface area contributed by atoms with Crippen LogP contribution < -0.4 is 0 Å². The zero-order chi connectivity index (χ0) is 13.3. The Morgan fingerprint density at radius 1 is 0.941 bits per heavy atom. The van der Waals surface area contributed by atoms with Crippen molar-refractivity contribution in [1.82, 2.24) is 0 Å². The lowest BCUT2D eigenvalue weighted by molar-refractivity contribution is 0.286. The molecule has 0 aromatic carbocycles. The van der Waals surface area contributed by atoms with E-state index in [2.05, 4.69) is 41.2 Å². The summed E-state index contributed by atoms with van der Waals surface area (Å²) in [5, 5.41) is 0. The summed E-state index contributed by atoms with van der Waals surface area (Å²) in [5.74, 6) is 2.29. The predicted molar refractivity (Wildman–Crippen MR) is 80.3 cm³/mol. The van der Waals surface area contributed by atoms with Gasteiger partial charge >= 0.3 is 0 Å². The summed E-state index contributed by atoms with van der Waals surface area (Å²) in [5.41, 5.74) is 1.34. The molecule has 3 atom stereocenters. The normalized spacial score (nSPS) is 16.5. The molecule has 0 fully saturated rings. The van der Waals surface area contributed by atoms with Crippen molar-refractivity contribution in [2.75, 3.05) is 0 Å². The highest BCUT2D eigenvalue weighted by molar-refractivity contribution is 4.96. The third-order valence-electron chi connectivity index (χ3n) is 4.48. The molecule has 0 nitrogen and oxygen atoms in total. The van der Waals surface area contributed by atoms with Gasteiger partial charge in [-0.15, -0.1) is 0 Å². The van der Waals surface area contributed by atoms with E-state index in [-0.39, 0.29) is 0 Å². The largest absolute Gasteiger partial charge is 0.0999 e. The van der Waals surface area contributed by atoms with Crippen molar-refractivity contribution in [2.45, 2.75) is 79.6 Å². The van der Waals surface area contributed by atoms with Gasteiger partial charge in [-0.1, -0.05) is 84.8 Å². The minimum Gasteiger partial charge on any atom is -0.0999 e. The van der Waals surface area contributed by atoms with Crippen molar-refractivity contribution >= 4 is 0 Å². The van der Waals surface area contributed by atoms with E-state index < -0.39 is 0 Å². The summed E-state index contributed by atoms with van der Waals surface area (Å²) in [6.07, 6.45) is 9.87. The van der Waals surface area contributed by atoms with Gasteiger partial charge in [0, 0.05) is 0 Å². The summed E-state index contributed by atoms with van der Waals surface area (Å²) >= 11 is 0. The maximum atomic E-state index is 4.09. The Kier molecular flexibility index (Phi) is 9.59. The van der Waals surface area contributed by atoms with Crippen LogP contribution in [0, 0.1) is 17.8 Å². The summed E-state index contributed by atoms with van der Waals surface area (Å²) in [4.78, 5) is 0. The third-order valence-corrected chi connectivity index (χ3v) is 4.48. The number of unbranched alkanes of at least 4 members (excludes halogenated alkanes) is 5. The second kappa shape index (κ2) is 9.74. The van der Waals surface area contributed by atoms with Crippen LogP contribution in [-0.4, -0.2) is 0 Å². The van der Waals surface area contributed by atoms with Gasteiger partial charge in [0.25, 0.3) is 0 Å². The van der Waals surface area contributed by atoms with Gasteiger partial charge in [-0.05, 0) is 24.7 Å². The molecule has 0 aromatic rings. The Morgan fingerprint density at radius 3 is 2.00 bits per heavy atom. The van der Waals surface area contributed by atoms with Gasteiger partial charge in [0.1, 0.15) is 0 Å². The molecule has 0 N–H and O–H groups in total. The molecule has 0 aliphatic rings. The molecule has 0 bridgehead atoms. The van der Waals surface area contributed by atoms with Crippen LogP contribution in [-0.2, 0) is 0 Å². The molecule has 0 aliphatic heterocycles. The molecule has 102 valence electrons. The van der Waals surface area contributed by atoms with E-state index in [1.165, 1.54) is 50.5 Å². The quantitative estimate of drug-likeness (QED) is 0.313. The van der Waals surface area contributed by atoms with E-state index in [4.69, 9.17) is 0 Å². The van der Waals surface area contributed by atoms with Crippen LogP contribution in [0.2, 0.25) is 0 Å². The summed E-state index contributed by atoms with van der Waals surface area (Å²) in [7, 11) is 0. The van der Waals surface area contributed by atoms with Crippen LogP contribution in [0.1, 0.15) is 79.6 Å². The first-order valence-corrected chi connectivity index (χ1v) is 7.66. The zero-order valence-corrected chi connectivity index (χ0v) is 12.9. The number of hydrogen-bond acceptors (Lipinski definition) is 0. The van der Waals surface area contributed by atoms with Crippen LogP contribution in [0.4, 0.5) is 0 Å². The van der Waals surface area contributed by atoms with Crippen molar-refractivity contribution in [3.63, 3.8) is 0 Å². The average Bonchev–Trinajstić information content (AvgIpc) is 2.31. The maximum Gasteiger partial charge on any atom is -0.0209 e. The van der Waals surface area contributed by atoms with E-state index in [0.717, 1.165) is 11.8 Å². The van der Waals surface area contributed by atoms with Gasteiger partial charge in [-0.25, -0.2) is 0 Å². The Labute approximate surface area is 110 Å². The molecule has 0 heteroatoms. The monoisotopic (exact) mass is 238 g/mol. The zero-order valence-electron chi connectivity index (χ0n) is 12.9. The number of allylic oxidation sites excluding steroid dienone is 1. The average molecular weight is 238 g/mol. The highest BCUT2D eigenvalue weighted by Crippen LogP contribution is 2.28. The standard InChI is InChI=1S/C17H34/c1-7-8-9-10-11-12-13-15(4)17(6)16(5)14(2)3/h15-17H,2,7-13H2,1,3-6H3. The summed E-state index contributed by atoms with van der Waals surface area (Å²) < 4.78 is 0. The fourth-order valence-corrected chi connectivity index (χ4v) is 2.45. The Hall–Kier alpha value is -0.260. The Balaban J connectivity index is 3.64. The van der Waals surface area contributed by atoms with Gasteiger partial charge in [0.05, 0.1) is 0 Å². The maximum absolute atomic E-state index is 4.09. The molecule has 0 spiro atoms. The molecule has 0 aliphatic carbocycles. The van der Waals surface area contributed by atoms with Crippen molar-refractivity contribution in [3.05, 3.63) is 12.2 Å². The summed E-state index contributed by atoms with van der Waals surface area (Å²) in [6, 6.07) is 0. The fourth-order valence-electron chi connectivity index (χ4n) is 2.45. The van der Waals surface area contributed by atoms with E-state index in [0.29, 0.717) is 5.92 Å². The van der Waals surface area contributed by atoms with Crippen molar-refractivity contribution in [2.24, 2.45) is 17.8 Å². The molecule has 0 saturated heterocycles. The highest BCUT2D eigenvalue weighted by Gasteiger charge is 2.18. The lowest BCUT2D eigenvalue weighted by atomic mass is 9.79. The van der Waals surface area contributed by atoms with Crippen LogP contribution in [0.5, 0.6) is 0 Å². The molecule has 3 unspecified atom stereocenters. The number of hydrogen-bond donors (Lipinski definition) is 0. The molecular formula is C17H34. The van der Waals surface area contributed by atoms with Gasteiger partial charge in [0.2, 0.25) is 0 Å².